The van der Waals surface area contributed by atoms with Crippen molar-refractivity contribution in [2.45, 2.75) is 118 Å². The van der Waals surface area contributed by atoms with Crippen molar-refractivity contribution in [2.24, 2.45) is 28.9 Å². The third-order valence-electron chi connectivity index (χ3n) is 8.15. The number of nitrogens with two attached hydrogens (primary N) is 1. The molecule has 2 fully saturated rings. The van der Waals surface area contributed by atoms with Crippen LogP contribution in [0.15, 0.2) is 6.07 Å². The summed E-state index contributed by atoms with van der Waals surface area (Å²) in [4.78, 5) is 41.5. The van der Waals surface area contributed by atoms with E-state index in [0.717, 1.165) is 43.4 Å². The Morgan fingerprint density at radius 2 is 1.74 bits per heavy atom. The SMILES string of the molecule is CC[C@H](C)[C@@H](N)C(=O)O[C@H]1CC[C@H](N(c2cc(C#CC(C)(C)C)sc2C(=O)O)C(=O)[C@H]2CC[C@H](C)CC2)CC1. The summed E-state index contributed by atoms with van der Waals surface area (Å²) < 4.78 is 5.75. The van der Waals surface area contributed by atoms with E-state index in [1.807, 2.05) is 34.6 Å². The van der Waals surface area contributed by atoms with E-state index in [-0.39, 0.29) is 46.2 Å². The van der Waals surface area contributed by atoms with Crippen LogP contribution in [-0.4, -0.2) is 41.1 Å². The molecule has 2 saturated carbocycles. The van der Waals surface area contributed by atoms with E-state index in [1.165, 1.54) is 0 Å². The zero-order valence-electron chi connectivity index (χ0n) is 24.4. The molecular formula is C31H46N2O5S. The van der Waals surface area contributed by atoms with Crippen molar-refractivity contribution in [1.82, 2.24) is 0 Å². The number of ether oxygens (including phenoxy) is 1. The molecule has 0 saturated heterocycles. The number of hydrogen-bond acceptors (Lipinski definition) is 6. The zero-order chi connectivity index (χ0) is 28.9. The first-order valence-corrected chi connectivity index (χ1v) is 15.3. The number of hydrogen-bond donors (Lipinski definition) is 2. The van der Waals surface area contributed by atoms with Crippen molar-refractivity contribution in [3.8, 4) is 11.8 Å². The van der Waals surface area contributed by atoms with E-state index < -0.39 is 12.0 Å². The molecule has 1 aromatic rings. The Morgan fingerprint density at radius 3 is 2.28 bits per heavy atom. The first-order valence-electron chi connectivity index (χ1n) is 14.5. The highest BCUT2D eigenvalue weighted by Crippen LogP contribution is 2.39. The van der Waals surface area contributed by atoms with Gasteiger partial charge in [-0.2, -0.15) is 0 Å². The van der Waals surface area contributed by atoms with E-state index in [4.69, 9.17) is 10.5 Å². The fourth-order valence-corrected chi connectivity index (χ4v) is 6.22. The monoisotopic (exact) mass is 558 g/mol. The molecule has 0 radical (unpaired) electrons. The number of amides is 1. The van der Waals surface area contributed by atoms with Crippen molar-refractivity contribution >= 4 is 34.9 Å². The average molecular weight is 559 g/mol. The highest BCUT2D eigenvalue weighted by atomic mass is 32.1. The Balaban J connectivity index is 1.87. The van der Waals surface area contributed by atoms with Crippen molar-refractivity contribution in [2.75, 3.05) is 4.90 Å². The molecule has 216 valence electrons. The molecule has 3 N–H and O–H groups in total. The quantitative estimate of drug-likeness (QED) is 0.289. The van der Waals surface area contributed by atoms with Crippen LogP contribution in [0.2, 0.25) is 0 Å². The fraction of sp³-hybridized carbons (Fsp3) is 0.710. The van der Waals surface area contributed by atoms with Gasteiger partial charge in [0.05, 0.1) is 10.6 Å². The molecule has 0 unspecified atom stereocenters. The van der Waals surface area contributed by atoms with Gasteiger partial charge < -0.3 is 20.5 Å². The second-order valence-electron chi connectivity index (χ2n) is 12.6. The molecule has 39 heavy (non-hydrogen) atoms. The van der Waals surface area contributed by atoms with Gasteiger partial charge in [0.15, 0.2) is 0 Å². The van der Waals surface area contributed by atoms with Gasteiger partial charge in [-0.25, -0.2) is 4.79 Å². The van der Waals surface area contributed by atoms with Crippen LogP contribution in [0.1, 0.15) is 114 Å². The summed E-state index contributed by atoms with van der Waals surface area (Å²) in [6.07, 6.45) is 6.67. The lowest BCUT2D eigenvalue weighted by molar-refractivity contribution is -0.153. The van der Waals surface area contributed by atoms with Crippen LogP contribution in [0.4, 0.5) is 5.69 Å². The van der Waals surface area contributed by atoms with Crippen molar-refractivity contribution < 1.29 is 24.2 Å². The smallest absolute Gasteiger partial charge is 0.348 e. The van der Waals surface area contributed by atoms with Crippen molar-refractivity contribution in [3.05, 3.63) is 15.8 Å². The predicted octanol–water partition coefficient (Wildman–Crippen LogP) is 6.23. The normalized spacial score (nSPS) is 25.1. The Kier molecular flexibility index (Phi) is 10.6. The minimum absolute atomic E-state index is 0.0109. The zero-order valence-corrected chi connectivity index (χ0v) is 25.2. The molecule has 8 heteroatoms. The van der Waals surface area contributed by atoms with Crippen LogP contribution in [0, 0.1) is 35.0 Å². The minimum atomic E-state index is -1.05. The van der Waals surface area contributed by atoms with Gasteiger partial charge >= 0.3 is 11.9 Å². The first-order chi connectivity index (χ1) is 18.3. The molecule has 0 bridgehead atoms. The highest BCUT2D eigenvalue weighted by Gasteiger charge is 2.38. The van der Waals surface area contributed by atoms with Gasteiger partial charge in [-0.3, -0.25) is 9.59 Å². The Morgan fingerprint density at radius 1 is 1.13 bits per heavy atom. The summed E-state index contributed by atoms with van der Waals surface area (Å²) in [5, 5.41) is 10.1. The Hall–Kier alpha value is -2.37. The number of carbonyl (C=O) groups excluding carboxylic acids is 2. The van der Waals surface area contributed by atoms with Gasteiger partial charge in [0.1, 0.15) is 17.0 Å². The van der Waals surface area contributed by atoms with Crippen LogP contribution in [0.5, 0.6) is 0 Å². The molecule has 2 aliphatic rings. The maximum absolute atomic E-state index is 14.1. The molecule has 0 aromatic carbocycles. The number of nitrogens with zero attached hydrogens (tertiary/aromatic N) is 1. The summed E-state index contributed by atoms with van der Waals surface area (Å²) in [5.41, 5.74) is 6.30. The molecule has 0 spiro atoms. The molecule has 7 nitrogen and oxygen atoms in total. The van der Waals surface area contributed by atoms with Gasteiger partial charge in [0, 0.05) is 17.4 Å². The summed E-state index contributed by atoms with van der Waals surface area (Å²) in [6, 6.07) is 0.982. The van der Waals surface area contributed by atoms with Gasteiger partial charge in [-0.05, 0) is 90.0 Å². The van der Waals surface area contributed by atoms with Gasteiger partial charge in [-0.15, -0.1) is 11.3 Å². The van der Waals surface area contributed by atoms with E-state index >= 15 is 0 Å². The Labute approximate surface area is 237 Å². The van der Waals surface area contributed by atoms with Crippen molar-refractivity contribution in [1.29, 1.82) is 0 Å². The third kappa shape index (κ3) is 8.31. The molecule has 3 rings (SSSR count). The Bertz CT molecular complexity index is 1080. The number of aromatic carboxylic acids is 1. The molecule has 0 aliphatic heterocycles. The highest BCUT2D eigenvalue weighted by molar-refractivity contribution is 7.15. The molecule has 2 atom stereocenters. The predicted molar refractivity (Wildman–Crippen MR) is 156 cm³/mol. The van der Waals surface area contributed by atoms with E-state index in [9.17, 15) is 19.5 Å². The number of thiophene rings is 1. The fourth-order valence-electron chi connectivity index (χ4n) is 5.37. The first kappa shape index (κ1) is 31.2. The maximum Gasteiger partial charge on any atom is 0.348 e. The number of rotatable bonds is 8. The van der Waals surface area contributed by atoms with Crippen LogP contribution in [0.3, 0.4) is 0 Å². The average Bonchev–Trinajstić information content (AvgIpc) is 3.32. The maximum atomic E-state index is 14.1. The number of anilines is 1. The topological polar surface area (TPSA) is 110 Å². The summed E-state index contributed by atoms with van der Waals surface area (Å²) >= 11 is 1.13. The van der Waals surface area contributed by atoms with Crippen molar-refractivity contribution in [3.63, 3.8) is 0 Å². The lowest BCUT2D eigenvalue weighted by Gasteiger charge is -2.39. The largest absolute Gasteiger partial charge is 0.477 e. The van der Waals surface area contributed by atoms with Crippen LogP contribution in [-0.2, 0) is 14.3 Å². The van der Waals surface area contributed by atoms with E-state index in [2.05, 4.69) is 18.8 Å². The standard InChI is InChI=1S/C31H46N2O5S/c1-7-20(3)26(32)30(37)38-23-14-12-22(13-15-23)33(28(34)21-10-8-19(2)9-11-21)25-18-24(16-17-31(4,5)6)39-27(25)29(35)36/h18-23,26H,7-15,32H2,1-6H3,(H,35,36)/t19-,20-,21-,22-,23-,26+/m0/s1. The van der Waals surface area contributed by atoms with Gasteiger partial charge in [-0.1, -0.05) is 39.0 Å². The number of carboxylic acid groups (broad SMARTS) is 1. The molecule has 1 heterocycles. The van der Waals surface area contributed by atoms with Crippen LogP contribution >= 0.6 is 11.3 Å². The minimum Gasteiger partial charge on any atom is -0.477 e. The summed E-state index contributed by atoms with van der Waals surface area (Å²) in [5.74, 6) is 5.44. The van der Waals surface area contributed by atoms with Crippen LogP contribution in [0.25, 0.3) is 0 Å². The lowest BCUT2D eigenvalue weighted by Crippen LogP contribution is -2.48. The summed E-state index contributed by atoms with van der Waals surface area (Å²) in [6.45, 7) is 12.2. The summed E-state index contributed by atoms with van der Waals surface area (Å²) in [7, 11) is 0. The van der Waals surface area contributed by atoms with Crippen LogP contribution < -0.4 is 10.6 Å². The number of carbonyl (C=O) groups is 3. The third-order valence-corrected chi connectivity index (χ3v) is 9.18. The number of carboxylic acids is 1. The molecule has 2 aliphatic carbocycles. The van der Waals surface area contributed by atoms with Gasteiger partial charge in [0.2, 0.25) is 5.91 Å². The molecule has 1 amide bonds. The lowest BCUT2D eigenvalue weighted by atomic mass is 9.81. The second-order valence-corrected chi connectivity index (χ2v) is 13.6. The molecule has 1 aromatic heterocycles. The second kappa shape index (κ2) is 13.3. The van der Waals surface area contributed by atoms with Gasteiger partial charge in [0.25, 0.3) is 0 Å². The molecular weight excluding hydrogens is 512 g/mol. The number of esters is 1. The van der Waals surface area contributed by atoms with E-state index in [1.54, 1.807) is 11.0 Å². The van der Waals surface area contributed by atoms with E-state index in [0.29, 0.717) is 42.2 Å².